The van der Waals surface area contributed by atoms with Crippen LogP contribution in [0.4, 0.5) is 26.5 Å². The molecule has 1 amide bonds. The first-order valence-electron chi connectivity index (χ1n) is 10.9. The molecule has 10 nitrogen and oxygen atoms in total. The van der Waals surface area contributed by atoms with Gasteiger partial charge in [0.05, 0.1) is 41.6 Å². The van der Waals surface area contributed by atoms with Gasteiger partial charge in [-0.15, -0.1) is 0 Å². The first kappa shape index (κ1) is 23.0. The van der Waals surface area contributed by atoms with E-state index in [9.17, 15) is 14.4 Å². The average molecular weight is 465 g/mol. The lowest BCUT2D eigenvalue weighted by molar-refractivity contribution is 0.180. The lowest BCUT2D eigenvalue weighted by atomic mass is 9.77. The summed E-state index contributed by atoms with van der Waals surface area (Å²) in [6, 6.07) is 4.05. The molecule has 3 heterocycles. The molecule has 176 valence electrons. The second kappa shape index (κ2) is 9.74. The number of aryl methyl sites for hydroxylation is 1. The average Bonchev–Trinajstić information content (AvgIpc) is 3.20. The predicted octanol–water partition coefficient (Wildman–Crippen LogP) is 3.96. The minimum Gasteiger partial charge on any atom is -0.465 e. The van der Waals surface area contributed by atoms with Crippen LogP contribution < -0.4 is 16.0 Å². The van der Waals surface area contributed by atoms with Gasteiger partial charge in [-0.25, -0.2) is 18.9 Å². The normalized spacial score (nSPS) is 15.0. The van der Waals surface area contributed by atoms with Crippen molar-refractivity contribution in [1.29, 1.82) is 5.26 Å². The molecule has 11 heteroatoms. The van der Waals surface area contributed by atoms with Crippen LogP contribution >= 0.6 is 0 Å². The van der Waals surface area contributed by atoms with Gasteiger partial charge in [0.1, 0.15) is 6.07 Å². The number of amides is 1. The Balaban J connectivity index is 1.61. The molecule has 3 aromatic rings. The molecule has 3 aromatic heterocycles. The summed E-state index contributed by atoms with van der Waals surface area (Å²) >= 11 is 0. The number of nitriles is 1. The third-order valence-corrected chi connectivity index (χ3v) is 5.91. The zero-order valence-electron chi connectivity index (χ0n) is 18.8. The smallest absolute Gasteiger partial charge is 0.404 e. The van der Waals surface area contributed by atoms with Crippen molar-refractivity contribution in [2.45, 2.75) is 45.2 Å². The predicted molar refractivity (Wildman–Crippen MR) is 124 cm³/mol. The summed E-state index contributed by atoms with van der Waals surface area (Å²) < 4.78 is 16.5. The van der Waals surface area contributed by atoms with E-state index in [1.165, 1.54) is 0 Å². The molecule has 4 rings (SSSR count). The lowest BCUT2D eigenvalue weighted by Crippen LogP contribution is -2.50. The molecule has 1 aliphatic carbocycles. The highest BCUT2D eigenvalue weighted by atomic mass is 19.1. The van der Waals surface area contributed by atoms with E-state index in [0.717, 1.165) is 30.9 Å². The van der Waals surface area contributed by atoms with Crippen molar-refractivity contribution in [3.8, 4) is 11.8 Å². The van der Waals surface area contributed by atoms with Crippen molar-refractivity contribution in [2.24, 2.45) is 5.92 Å². The number of anilines is 3. The third-order valence-electron chi connectivity index (χ3n) is 5.91. The molecular weight excluding hydrogens is 439 g/mol. The summed E-state index contributed by atoms with van der Waals surface area (Å²) in [5.74, 6) is -0.390. The summed E-state index contributed by atoms with van der Waals surface area (Å²) in [5.41, 5.74) is 2.27. The van der Waals surface area contributed by atoms with Gasteiger partial charge in [-0.2, -0.15) is 10.4 Å². The molecule has 0 aromatic carbocycles. The van der Waals surface area contributed by atoms with Gasteiger partial charge in [0, 0.05) is 12.2 Å². The zero-order chi connectivity index (χ0) is 24.2. The maximum Gasteiger partial charge on any atom is 0.404 e. The molecule has 0 unspecified atom stereocenters. The number of rotatable bonds is 8. The van der Waals surface area contributed by atoms with Gasteiger partial charge in [0.2, 0.25) is 0 Å². The fourth-order valence-corrected chi connectivity index (χ4v) is 3.98. The summed E-state index contributed by atoms with van der Waals surface area (Å²) in [7, 11) is 0. The molecule has 0 aliphatic heterocycles. The molecule has 1 saturated carbocycles. The second-order valence-electron chi connectivity index (χ2n) is 8.45. The van der Waals surface area contributed by atoms with E-state index in [-0.39, 0.29) is 29.2 Å². The van der Waals surface area contributed by atoms with Gasteiger partial charge < -0.3 is 21.1 Å². The van der Waals surface area contributed by atoms with Crippen LogP contribution in [0.3, 0.4) is 0 Å². The fraction of sp³-hybridized carbons (Fsp3) is 0.348. The lowest BCUT2D eigenvalue weighted by Gasteiger charge is -2.38. The molecule has 34 heavy (non-hydrogen) atoms. The van der Waals surface area contributed by atoms with Crippen molar-refractivity contribution < 1.29 is 14.3 Å². The highest BCUT2D eigenvalue weighted by molar-refractivity contribution is 5.67. The van der Waals surface area contributed by atoms with Crippen LogP contribution in [0, 0.1) is 30.0 Å². The molecule has 1 aliphatic rings. The summed E-state index contributed by atoms with van der Waals surface area (Å²) in [6.45, 7) is 3.66. The Hall–Kier alpha value is -4.20. The standard InChI is InChI=1S/C23H25FN8O2/c1-13-9-27-32(12-13)18-7-17(10-26-11-18)29-21-16(8-25)6-19(24)22(31-21)30-20(15-4-3-5-15)14(2)28-23(33)34/h6-7,9-12,14-15,20,28H,3-5H2,1-2H3,(H,33,34)(H2,29,30,31)/t14-,20+/m0/s1. The molecule has 4 N–H and O–H groups in total. The second-order valence-corrected chi connectivity index (χ2v) is 8.45. The van der Waals surface area contributed by atoms with Crippen LogP contribution in [-0.2, 0) is 0 Å². The van der Waals surface area contributed by atoms with E-state index in [1.807, 2.05) is 19.2 Å². The molecule has 2 atom stereocenters. The molecular formula is C23H25FN8O2. The monoisotopic (exact) mass is 464 g/mol. The number of aromatic nitrogens is 4. The van der Waals surface area contributed by atoms with Gasteiger partial charge in [-0.05, 0) is 50.3 Å². The maximum absolute atomic E-state index is 14.9. The number of hydrogen-bond acceptors (Lipinski definition) is 7. The fourth-order valence-electron chi connectivity index (χ4n) is 3.98. The SMILES string of the molecule is Cc1cnn(-c2cncc(Nc3nc(N[C@@H](C4CCC4)[C@H](C)NC(=O)O)c(F)cc3C#N)c2)c1. The zero-order valence-corrected chi connectivity index (χ0v) is 18.8. The van der Waals surface area contributed by atoms with Crippen molar-refractivity contribution in [3.05, 3.63) is 53.9 Å². The van der Waals surface area contributed by atoms with Crippen LogP contribution in [0.1, 0.15) is 37.3 Å². The van der Waals surface area contributed by atoms with Crippen LogP contribution in [0.25, 0.3) is 5.69 Å². The summed E-state index contributed by atoms with van der Waals surface area (Å²) in [5, 5.41) is 31.5. The number of nitrogens with zero attached hydrogens (tertiary/aromatic N) is 5. The quantitative estimate of drug-likeness (QED) is 0.393. The van der Waals surface area contributed by atoms with Crippen LogP contribution in [0.2, 0.25) is 0 Å². The number of halogens is 1. The number of nitrogens with one attached hydrogen (secondary N) is 3. The Labute approximate surface area is 195 Å². The first-order valence-corrected chi connectivity index (χ1v) is 10.9. The maximum atomic E-state index is 14.9. The van der Waals surface area contributed by atoms with E-state index >= 15 is 0 Å². The first-order chi connectivity index (χ1) is 16.3. The molecule has 1 fully saturated rings. The van der Waals surface area contributed by atoms with Gasteiger partial charge >= 0.3 is 6.09 Å². The molecule has 0 bridgehead atoms. The van der Waals surface area contributed by atoms with E-state index in [1.54, 1.807) is 36.3 Å². The number of carbonyl (C=O) groups is 1. The van der Waals surface area contributed by atoms with Crippen LogP contribution in [0.5, 0.6) is 0 Å². The Morgan fingerprint density at radius 1 is 1.29 bits per heavy atom. The van der Waals surface area contributed by atoms with Crippen LogP contribution in [0.15, 0.2) is 36.9 Å². The van der Waals surface area contributed by atoms with Gasteiger partial charge in [0.25, 0.3) is 0 Å². The van der Waals surface area contributed by atoms with Gasteiger partial charge in [-0.3, -0.25) is 4.98 Å². The van der Waals surface area contributed by atoms with E-state index in [4.69, 9.17) is 5.11 Å². The summed E-state index contributed by atoms with van der Waals surface area (Å²) in [4.78, 5) is 19.7. The van der Waals surface area contributed by atoms with Crippen LogP contribution in [-0.4, -0.2) is 43.0 Å². The third kappa shape index (κ3) is 5.06. The van der Waals surface area contributed by atoms with E-state index in [0.29, 0.717) is 11.4 Å². The number of carboxylic acid groups (broad SMARTS) is 1. The van der Waals surface area contributed by atoms with Crippen molar-refractivity contribution in [1.82, 2.24) is 25.1 Å². The number of pyridine rings is 2. The van der Waals surface area contributed by atoms with Crippen molar-refractivity contribution in [3.63, 3.8) is 0 Å². The highest BCUT2D eigenvalue weighted by Crippen LogP contribution is 2.33. The topological polar surface area (TPSA) is 141 Å². The molecule has 0 radical (unpaired) electrons. The van der Waals surface area contributed by atoms with Gasteiger partial charge in [-0.1, -0.05) is 6.42 Å². The van der Waals surface area contributed by atoms with Crippen molar-refractivity contribution >= 4 is 23.4 Å². The van der Waals surface area contributed by atoms with E-state index < -0.39 is 18.0 Å². The Kier molecular flexibility index (Phi) is 6.58. The molecule has 0 saturated heterocycles. The minimum atomic E-state index is -1.14. The Bertz CT molecular complexity index is 1230. The Morgan fingerprint density at radius 2 is 2.09 bits per heavy atom. The van der Waals surface area contributed by atoms with Crippen molar-refractivity contribution in [2.75, 3.05) is 10.6 Å². The highest BCUT2D eigenvalue weighted by Gasteiger charge is 2.33. The minimum absolute atomic E-state index is 0.0280. The van der Waals surface area contributed by atoms with E-state index in [2.05, 4.69) is 31.0 Å². The largest absolute Gasteiger partial charge is 0.465 e. The Morgan fingerprint density at radius 3 is 2.71 bits per heavy atom. The molecule has 0 spiro atoms. The summed E-state index contributed by atoms with van der Waals surface area (Å²) in [6.07, 6.45) is 8.52. The van der Waals surface area contributed by atoms with Gasteiger partial charge in [0.15, 0.2) is 17.5 Å². The number of hydrogen-bond donors (Lipinski definition) is 4.